The van der Waals surface area contributed by atoms with Gasteiger partial charge in [0.25, 0.3) is 0 Å². The number of H-pyrrole nitrogens is 1. The number of aromatic amines is 1. The number of nitrogens with zero attached hydrogens (tertiary/aromatic N) is 2. The number of hydrogen-bond acceptors (Lipinski definition) is 3. The minimum absolute atomic E-state index is 0.307. The van der Waals surface area contributed by atoms with Gasteiger partial charge in [-0.25, -0.2) is 4.98 Å². The van der Waals surface area contributed by atoms with Crippen molar-refractivity contribution >= 4 is 0 Å². The summed E-state index contributed by atoms with van der Waals surface area (Å²) in [6, 6.07) is 10.7. The second kappa shape index (κ2) is 6.87. The fourth-order valence-electron chi connectivity index (χ4n) is 3.20. The first-order valence-corrected chi connectivity index (χ1v) is 7.61. The molecule has 2 atom stereocenters. The summed E-state index contributed by atoms with van der Waals surface area (Å²) in [7, 11) is 1.84. The summed E-state index contributed by atoms with van der Waals surface area (Å²) in [5.74, 6) is 0.607. The summed E-state index contributed by atoms with van der Waals surface area (Å²) >= 11 is 0. The Morgan fingerprint density at radius 2 is 2.19 bits per heavy atom. The van der Waals surface area contributed by atoms with Crippen molar-refractivity contribution in [2.75, 3.05) is 20.2 Å². The molecule has 4 nitrogen and oxygen atoms in total. The monoisotopic (exact) mass is 285 g/mol. The van der Waals surface area contributed by atoms with E-state index >= 15 is 0 Å². The molecule has 1 saturated heterocycles. The molecule has 21 heavy (non-hydrogen) atoms. The lowest BCUT2D eigenvalue weighted by atomic mass is 9.87. The van der Waals surface area contributed by atoms with Crippen LogP contribution < -0.4 is 0 Å². The maximum atomic E-state index is 5.76. The summed E-state index contributed by atoms with van der Waals surface area (Å²) in [4.78, 5) is 9.71. The summed E-state index contributed by atoms with van der Waals surface area (Å²) in [6.45, 7) is 3.04. The fraction of sp³-hybridized carbons (Fsp3) is 0.471. The van der Waals surface area contributed by atoms with Crippen LogP contribution in [-0.4, -0.2) is 41.2 Å². The highest BCUT2D eigenvalue weighted by molar-refractivity contribution is 5.15. The van der Waals surface area contributed by atoms with Gasteiger partial charge < -0.3 is 9.72 Å². The van der Waals surface area contributed by atoms with Crippen LogP contribution in [-0.2, 0) is 17.7 Å². The van der Waals surface area contributed by atoms with Crippen molar-refractivity contribution in [3.05, 3.63) is 54.1 Å². The summed E-state index contributed by atoms with van der Waals surface area (Å²) in [5, 5.41) is 0. The smallest absolute Gasteiger partial charge is 0.0922 e. The van der Waals surface area contributed by atoms with Gasteiger partial charge >= 0.3 is 0 Å². The number of likely N-dealkylation sites (tertiary alicyclic amines) is 1. The molecule has 112 valence electrons. The lowest BCUT2D eigenvalue weighted by Gasteiger charge is -2.37. The SMILES string of the molecule is CO[C@H]1CN(Cc2cnc[nH]2)CC[C@@H]1Cc1ccccc1. The minimum Gasteiger partial charge on any atom is -0.380 e. The van der Waals surface area contributed by atoms with E-state index in [-0.39, 0.29) is 0 Å². The molecule has 2 heterocycles. The van der Waals surface area contributed by atoms with Crippen molar-refractivity contribution in [1.82, 2.24) is 14.9 Å². The number of nitrogens with one attached hydrogen (secondary N) is 1. The van der Waals surface area contributed by atoms with E-state index in [0.29, 0.717) is 12.0 Å². The molecule has 0 radical (unpaired) electrons. The lowest BCUT2D eigenvalue weighted by Crippen LogP contribution is -2.45. The average Bonchev–Trinajstić information content (AvgIpc) is 3.03. The van der Waals surface area contributed by atoms with E-state index in [1.807, 2.05) is 13.3 Å². The van der Waals surface area contributed by atoms with E-state index < -0.39 is 0 Å². The van der Waals surface area contributed by atoms with Crippen LogP contribution in [0.15, 0.2) is 42.9 Å². The molecule has 2 aromatic rings. The van der Waals surface area contributed by atoms with E-state index in [9.17, 15) is 0 Å². The van der Waals surface area contributed by atoms with Crippen molar-refractivity contribution in [2.45, 2.75) is 25.5 Å². The van der Waals surface area contributed by atoms with Gasteiger partial charge in [0.15, 0.2) is 0 Å². The van der Waals surface area contributed by atoms with Crippen LogP contribution in [0.3, 0.4) is 0 Å². The Morgan fingerprint density at radius 3 is 2.90 bits per heavy atom. The van der Waals surface area contributed by atoms with Crippen LogP contribution >= 0.6 is 0 Å². The lowest BCUT2D eigenvalue weighted by molar-refractivity contribution is -0.0138. The Labute approximate surface area is 126 Å². The fourth-order valence-corrected chi connectivity index (χ4v) is 3.20. The number of piperidine rings is 1. The second-order valence-electron chi connectivity index (χ2n) is 5.82. The maximum absolute atomic E-state index is 5.76. The number of benzene rings is 1. The third-order valence-corrected chi connectivity index (χ3v) is 4.37. The van der Waals surface area contributed by atoms with Crippen molar-refractivity contribution in [3.63, 3.8) is 0 Å². The predicted octanol–water partition coefficient (Wildman–Crippen LogP) is 2.49. The molecule has 0 saturated carbocycles. The Kier molecular flexibility index (Phi) is 4.68. The molecule has 1 fully saturated rings. The van der Waals surface area contributed by atoms with Crippen LogP contribution in [0.2, 0.25) is 0 Å². The Morgan fingerprint density at radius 1 is 1.33 bits per heavy atom. The first-order valence-electron chi connectivity index (χ1n) is 7.61. The molecule has 0 spiro atoms. The molecule has 1 aliphatic heterocycles. The van der Waals surface area contributed by atoms with Gasteiger partial charge in [-0.3, -0.25) is 4.90 Å². The van der Waals surface area contributed by atoms with Crippen LogP contribution in [0.25, 0.3) is 0 Å². The molecule has 1 aliphatic rings. The Balaban J connectivity index is 1.58. The molecule has 0 amide bonds. The topological polar surface area (TPSA) is 41.1 Å². The van der Waals surface area contributed by atoms with E-state index in [1.165, 1.54) is 17.7 Å². The zero-order valence-electron chi connectivity index (χ0n) is 12.5. The normalized spacial score (nSPS) is 23.3. The van der Waals surface area contributed by atoms with Crippen molar-refractivity contribution in [2.24, 2.45) is 5.92 Å². The predicted molar refractivity (Wildman–Crippen MR) is 82.9 cm³/mol. The quantitative estimate of drug-likeness (QED) is 0.917. The largest absolute Gasteiger partial charge is 0.380 e. The van der Waals surface area contributed by atoms with Crippen molar-refractivity contribution in [1.29, 1.82) is 0 Å². The molecule has 1 aromatic heterocycles. The molecular formula is C17H23N3O. The van der Waals surface area contributed by atoms with Crippen LogP contribution in [0.5, 0.6) is 0 Å². The highest BCUT2D eigenvalue weighted by Gasteiger charge is 2.29. The number of imidazole rings is 1. The zero-order chi connectivity index (χ0) is 14.5. The molecule has 0 bridgehead atoms. The third-order valence-electron chi connectivity index (χ3n) is 4.37. The molecular weight excluding hydrogens is 262 g/mol. The number of aromatic nitrogens is 2. The standard InChI is InChI=1S/C17H23N3O/c1-21-17-12-20(11-16-10-18-13-19-16)8-7-15(17)9-14-5-3-2-4-6-14/h2-6,10,13,15,17H,7-9,11-12H2,1H3,(H,18,19)/t15-,17+/m1/s1. The van der Waals surface area contributed by atoms with E-state index in [1.54, 1.807) is 6.33 Å². The zero-order valence-corrected chi connectivity index (χ0v) is 12.5. The average molecular weight is 285 g/mol. The molecule has 4 heteroatoms. The molecule has 3 rings (SSSR count). The van der Waals surface area contributed by atoms with Gasteiger partial charge in [-0.05, 0) is 30.9 Å². The molecule has 1 N–H and O–H groups in total. The molecule has 0 unspecified atom stereocenters. The van der Waals surface area contributed by atoms with Gasteiger partial charge in [0.2, 0.25) is 0 Å². The number of methoxy groups -OCH3 is 1. The van der Waals surface area contributed by atoms with Gasteiger partial charge in [0.05, 0.1) is 12.4 Å². The van der Waals surface area contributed by atoms with E-state index in [4.69, 9.17) is 4.74 Å². The Bertz CT molecular complexity index is 526. The third kappa shape index (κ3) is 3.71. The number of ether oxygens (including phenoxy) is 1. The number of hydrogen-bond donors (Lipinski definition) is 1. The first kappa shape index (κ1) is 14.3. The van der Waals surface area contributed by atoms with Gasteiger partial charge in [-0.1, -0.05) is 30.3 Å². The van der Waals surface area contributed by atoms with E-state index in [2.05, 4.69) is 45.2 Å². The van der Waals surface area contributed by atoms with E-state index in [0.717, 1.165) is 26.1 Å². The summed E-state index contributed by atoms with van der Waals surface area (Å²) in [5.41, 5.74) is 2.58. The van der Waals surface area contributed by atoms with Gasteiger partial charge in [0.1, 0.15) is 0 Å². The first-order chi connectivity index (χ1) is 10.3. The van der Waals surface area contributed by atoms with Crippen molar-refractivity contribution < 1.29 is 4.74 Å². The van der Waals surface area contributed by atoms with Gasteiger partial charge in [-0.15, -0.1) is 0 Å². The van der Waals surface area contributed by atoms with Gasteiger partial charge in [-0.2, -0.15) is 0 Å². The number of rotatable bonds is 5. The summed E-state index contributed by atoms with van der Waals surface area (Å²) in [6.07, 6.45) is 6.24. The highest BCUT2D eigenvalue weighted by atomic mass is 16.5. The molecule has 1 aromatic carbocycles. The highest BCUT2D eigenvalue weighted by Crippen LogP contribution is 2.25. The second-order valence-corrected chi connectivity index (χ2v) is 5.82. The maximum Gasteiger partial charge on any atom is 0.0922 e. The van der Waals surface area contributed by atoms with Crippen molar-refractivity contribution in [3.8, 4) is 0 Å². The minimum atomic E-state index is 0.307. The van der Waals surface area contributed by atoms with Crippen LogP contribution in [0.4, 0.5) is 0 Å². The molecule has 0 aliphatic carbocycles. The van der Waals surface area contributed by atoms with Crippen LogP contribution in [0, 0.1) is 5.92 Å². The van der Waals surface area contributed by atoms with Crippen LogP contribution in [0.1, 0.15) is 17.7 Å². The van der Waals surface area contributed by atoms with Gasteiger partial charge in [0, 0.05) is 32.1 Å². The summed E-state index contributed by atoms with van der Waals surface area (Å²) < 4.78 is 5.76. The Hall–Kier alpha value is -1.65.